The van der Waals surface area contributed by atoms with E-state index in [1.54, 1.807) is 30.3 Å². The third-order valence-corrected chi connectivity index (χ3v) is 5.34. The van der Waals surface area contributed by atoms with Crippen molar-refractivity contribution in [2.45, 2.75) is 19.1 Å². The molecule has 10 nitrogen and oxygen atoms in total. The summed E-state index contributed by atoms with van der Waals surface area (Å²) in [6.45, 7) is 1.18. The highest BCUT2D eigenvalue weighted by Gasteiger charge is 2.32. The Morgan fingerprint density at radius 3 is 2.69 bits per heavy atom. The van der Waals surface area contributed by atoms with Crippen LogP contribution < -0.4 is 10.2 Å². The van der Waals surface area contributed by atoms with E-state index in [9.17, 15) is 18.7 Å². The number of halogens is 2. The molecule has 1 aromatic carbocycles. The number of carbonyl (C=O) groups is 1. The first-order chi connectivity index (χ1) is 16.7. The number of aliphatic hydroxyl groups is 1. The van der Waals surface area contributed by atoms with Gasteiger partial charge < -0.3 is 19.8 Å². The molecule has 1 atom stereocenters. The summed E-state index contributed by atoms with van der Waals surface area (Å²) in [7, 11) is 2.88. The summed E-state index contributed by atoms with van der Waals surface area (Å²) in [6, 6.07) is 9.58. The molecule has 0 aliphatic heterocycles. The second-order valence-corrected chi connectivity index (χ2v) is 8.12. The predicted molar refractivity (Wildman–Crippen MR) is 122 cm³/mol. The van der Waals surface area contributed by atoms with Gasteiger partial charge in [0.2, 0.25) is 0 Å². The zero-order valence-electron chi connectivity index (χ0n) is 19.2. The van der Waals surface area contributed by atoms with Crippen LogP contribution in [0.5, 0.6) is 0 Å². The van der Waals surface area contributed by atoms with Crippen molar-refractivity contribution in [1.82, 2.24) is 30.2 Å². The average Bonchev–Trinajstić information content (AvgIpc) is 3.50. The Bertz CT molecular complexity index is 1340. The zero-order chi connectivity index (χ0) is 25.2. The van der Waals surface area contributed by atoms with Crippen molar-refractivity contribution >= 4 is 11.7 Å². The lowest BCUT2D eigenvalue weighted by atomic mass is 10.1. The highest BCUT2D eigenvalue weighted by atomic mass is 19.1. The highest BCUT2D eigenvalue weighted by molar-refractivity contribution is 5.84. The Morgan fingerprint density at radius 1 is 1.23 bits per heavy atom. The van der Waals surface area contributed by atoms with Gasteiger partial charge in [0, 0.05) is 25.7 Å². The number of anilines is 1. The summed E-state index contributed by atoms with van der Waals surface area (Å²) in [5.41, 5.74) is -0.123. The fraction of sp³-hybridized carbons (Fsp3) is 0.261. The van der Waals surface area contributed by atoms with E-state index >= 15 is 0 Å². The molecule has 4 aromatic rings. The van der Waals surface area contributed by atoms with Gasteiger partial charge in [-0.15, -0.1) is 0 Å². The lowest BCUT2D eigenvalue weighted by Gasteiger charge is -2.28. The largest absolute Gasteiger partial charge is 0.378 e. The van der Waals surface area contributed by atoms with Crippen LogP contribution in [0.3, 0.4) is 0 Å². The third kappa shape index (κ3) is 5.01. The number of benzene rings is 1. The fourth-order valence-electron chi connectivity index (χ4n) is 3.61. The molecule has 0 aliphatic rings. The van der Waals surface area contributed by atoms with Gasteiger partial charge in [-0.3, -0.25) is 9.48 Å². The Kier molecular flexibility index (Phi) is 6.56. The Balaban J connectivity index is 1.71. The van der Waals surface area contributed by atoms with Crippen LogP contribution >= 0.6 is 0 Å². The van der Waals surface area contributed by atoms with E-state index in [0.29, 0.717) is 17.0 Å². The molecule has 4 rings (SSSR count). The molecule has 0 aliphatic carbocycles. The standard InChI is InChI=1S/C23H23F2N7O3/c1-23(34,22(33)26-2)13-31(3)21-16(25)11-27-20(28-21)18-10-19(17-8-9-35-30-17)32(29-18)12-14-6-4-5-7-15(14)24/h4-11,34H,12-13H2,1-3H3,(H,26,33). The van der Waals surface area contributed by atoms with Gasteiger partial charge in [-0.05, 0) is 19.1 Å². The Labute approximate surface area is 199 Å². The third-order valence-electron chi connectivity index (χ3n) is 5.34. The minimum atomic E-state index is -1.79. The van der Waals surface area contributed by atoms with E-state index in [1.807, 2.05) is 0 Å². The maximum Gasteiger partial charge on any atom is 0.253 e. The van der Waals surface area contributed by atoms with Gasteiger partial charge in [0.25, 0.3) is 5.91 Å². The molecule has 1 amide bonds. The van der Waals surface area contributed by atoms with Crippen molar-refractivity contribution in [2.75, 3.05) is 25.5 Å². The van der Waals surface area contributed by atoms with Crippen LogP contribution in [0.25, 0.3) is 22.9 Å². The molecule has 2 N–H and O–H groups in total. The van der Waals surface area contributed by atoms with E-state index in [1.165, 1.54) is 42.9 Å². The molecule has 0 saturated carbocycles. The first-order valence-electron chi connectivity index (χ1n) is 10.6. The second-order valence-electron chi connectivity index (χ2n) is 8.12. The molecule has 0 spiro atoms. The molecular weight excluding hydrogens is 460 g/mol. The van der Waals surface area contributed by atoms with Crippen molar-refractivity contribution in [3.63, 3.8) is 0 Å². The highest BCUT2D eigenvalue weighted by Crippen LogP contribution is 2.27. The molecule has 3 aromatic heterocycles. The molecule has 0 radical (unpaired) electrons. The monoisotopic (exact) mass is 483 g/mol. The van der Waals surface area contributed by atoms with Crippen molar-refractivity contribution in [1.29, 1.82) is 0 Å². The molecule has 3 heterocycles. The summed E-state index contributed by atoms with van der Waals surface area (Å²) in [6.07, 6.45) is 2.38. The van der Waals surface area contributed by atoms with Gasteiger partial charge in [0.1, 0.15) is 23.5 Å². The van der Waals surface area contributed by atoms with Gasteiger partial charge in [-0.1, -0.05) is 23.4 Å². The van der Waals surface area contributed by atoms with Gasteiger partial charge in [0.15, 0.2) is 23.1 Å². The quantitative estimate of drug-likeness (QED) is 0.391. The number of amides is 1. The van der Waals surface area contributed by atoms with Gasteiger partial charge in [-0.25, -0.2) is 18.7 Å². The SMILES string of the molecule is CNC(=O)C(C)(O)CN(C)c1nc(-c2cc(-c3ccon3)n(Cc3ccccc3F)n2)ncc1F. The predicted octanol–water partition coefficient (Wildman–Crippen LogP) is 2.25. The second kappa shape index (κ2) is 9.58. The molecule has 0 saturated heterocycles. The maximum atomic E-state index is 14.6. The molecule has 12 heteroatoms. The first-order valence-corrected chi connectivity index (χ1v) is 10.6. The van der Waals surface area contributed by atoms with Crippen molar-refractivity contribution in [2.24, 2.45) is 0 Å². The number of aromatic nitrogens is 5. The number of nitrogens with one attached hydrogen (secondary N) is 1. The maximum absolute atomic E-state index is 14.6. The lowest BCUT2D eigenvalue weighted by molar-refractivity contribution is -0.136. The van der Waals surface area contributed by atoms with Crippen molar-refractivity contribution in [3.8, 4) is 22.9 Å². The molecule has 0 fully saturated rings. The van der Waals surface area contributed by atoms with Crippen LogP contribution in [-0.4, -0.2) is 62.2 Å². The topological polar surface area (TPSA) is 122 Å². The van der Waals surface area contributed by atoms with Crippen LogP contribution in [0.2, 0.25) is 0 Å². The number of hydrogen-bond donors (Lipinski definition) is 2. The van der Waals surface area contributed by atoms with Gasteiger partial charge in [0.05, 0.1) is 25.0 Å². The molecule has 0 bridgehead atoms. The number of nitrogens with zero attached hydrogens (tertiary/aromatic N) is 6. The minimum absolute atomic E-state index is 0.0878. The smallest absolute Gasteiger partial charge is 0.253 e. The Morgan fingerprint density at radius 2 is 2.00 bits per heavy atom. The normalized spacial score (nSPS) is 12.9. The van der Waals surface area contributed by atoms with Crippen LogP contribution in [0, 0.1) is 11.6 Å². The van der Waals surface area contributed by atoms with Crippen molar-refractivity contribution < 1.29 is 23.2 Å². The number of carbonyl (C=O) groups excluding carboxylic acids is 1. The molecule has 182 valence electrons. The summed E-state index contributed by atoms with van der Waals surface area (Å²) < 4.78 is 35.4. The minimum Gasteiger partial charge on any atom is -0.378 e. The average molecular weight is 483 g/mol. The Hall–Kier alpha value is -4.19. The van der Waals surface area contributed by atoms with E-state index in [4.69, 9.17) is 4.52 Å². The molecule has 35 heavy (non-hydrogen) atoms. The van der Waals surface area contributed by atoms with Gasteiger partial charge >= 0.3 is 0 Å². The summed E-state index contributed by atoms with van der Waals surface area (Å²) in [5.74, 6) is -1.80. The number of hydrogen-bond acceptors (Lipinski definition) is 8. The fourth-order valence-corrected chi connectivity index (χ4v) is 3.61. The van der Waals surface area contributed by atoms with Crippen LogP contribution in [-0.2, 0) is 11.3 Å². The lowest BCUT2D eigenvalue weighted by Crippen LogP contribution is -2.50. The zero-order valence-corrected chi connectivity index (χ0v) is 19.2. The van der Waals surface area contributed by atoms with Crippen LogP contribution in [0.4, 0.5) is 14.6 Å². The van der Waals surface area contributed by atoms with Gasteiger partial charge in [-0.2, -0.15) is 5.10 Å². The van der Waals surface area contributed by atoms with Crippen LogP contribution in [0.15, 0.2) is 53.4 Å². The number of likely N-dealkylation sites (N-methyl/N-ethyl adjacent to an activating group) is 2. The summed E-state index contributed by atoms with van der Waals surface area (Å²) in [4.78, 5) is 21.6. The molecular formula is C23H23F2N7O3. The number of rotatable bonds is 8. The first kappa shape index (κ1) is 24.0. The molecule has 1 unspecified atom stereocenters. The summed E-state index contributed by atoms with van der Waals surface area (Å²) in [5, 5.41) is 21.2. The van der Waals surface area contributed by atoms with E-state index < -0.39 is 17.3 Å². The summed E-state index contributed by atoms with van der Waals surface area (Å²) >= 11 is 0. The van der Waals surface area contributed by atoms with Crippen LogP contribution in [0.1, 0.15) is 12.5 Å². The van der Waals surface area contributed by atoms with E-state index in [2.05, 4.69) is 25.5 Å². The van der Waals surface area contributed by atoms with E-state index in [-0.39, 0.29) is 36.2 Å². The van der Waals surface area contributed by atoms with Crippen molar-refractivity contribution in [3.05, 3.63) is 66.1 Å². The van der Waals surface area contributed by atoms with E-state index in [0.717, 1.165) is 6.20 Å².